The summed E-state index contributed by atoms with van der Waals surface area (Å²) in [6.07, 6.45) is 4.18. The van der Waals surface area contributed by atoms with Gasteiger partial charge in [-0.25, -0.2) is 0 Å². The molecule has 1 heteroatoms. The summed E-state index contributed by atoms with van der Waals surface area (Å²) in [5, 5.41) is 0. The van der Waals surface area contributed by atoms with Crippen molar-refractivity contribution in [1.29, 1.82) is 0 Å². The first-order chi connectivity index (χ1) is 5.75. The average Bonchev–Trinajstić information content (AvgIpc) is 1.79. The Kier molecular flexibility index (Phi) is 2.22. The van der Waals surface area contributed by atoms with Crippen LogP contribution >= 0.6 is 15.9 Å². The van der Waals surface area contributed by atoms with Gasteiger partial charge in [-0.3, -0.25) is 0 Å². The molecule has 1 aromatic carbocycles. The molecule has 12 heavy (non-hydrogen) atoms. The van der Waals surface area contributed by atoms with Crippen LogP contribution < -0.4 is 0 Å². The van der Waals surface area contributed by atoms with Gasteiger partial charge in [0.15, 0.2) is 0 Å². The molecule has 0 aromatic heterocycles. The lowest BCUT2D eigenvalue weighted by molar-refractivity contribution is 0.419. The fourth-order valence-corrected chi connectivity index (χ4v) is 2.37. The van der Waals surface area contributed by atoms with Crippen LogP contribution in [-0.4, -0.2) is 0 Å². The van der Waals surface area contributed by atoms with Crippen LogP contribution in [0.15, 0.2) is 22.7 Å². The van der Waals surface area contributed by atoms with E-state index in [1.165, 1.54) is 34.9 Å². The Balaban J connectivity index is 2.30. The molecule has 2 rings (SSSR count). The van der Waals surface area contributed by atoms with Crippen LogP contribution in [0.2, 0.25) is 0 Å². The smallest absolute Gasteiger partial charge is 0.0180 e. The SMILES string of the molecule is Cc1cc(Br)cc(C2CCC2)c1. The molecule has 0 aliphatic heterocycles. The summed E-state index contributed by atoms with van der Waals surface area (Å²) >= 11 is 3.53. The molecule has 1 aromatic rings. The Labute approximate surface area is 82.1 Å². The zero-order chi connectivity index (χ0) is 8.55. The second kappa shape index (κ2) is 3.21. The van der Waals surface area contributed by atoms with Crippen molar-refractivity contribution in [2.45, 2.75) is 32.1 Å². The van der Waals surface area contributed by atoms with Gasteiger partial charge in [-0.2, -0.15) is 0 Å². The first kappa shape index (κ1) is 8.31. The van der Waals surface area contributed by atoms with E-state index in [1.807, 2.05) is 0 Å². The summed E-state index contributed by atoms with van der Waals surface area (Å²) in [5.41, 5.74) is 2.89. The number of hydrogen-bond donors (Lipinski definition) is 0. The minimum atomic E-state index is 0.848. The topological polar surface area (TPSA) is 0 Å². The van der Waals surface area contributed by atoms with E-state index in [0.29, 0.717) is 0 Å². The zero-order valence-corrected chi connectivity index (χ0v) is 8.89. The molecule has 1 saturated carbocycles. The third kappa shape index (κ3) is 1.56. The fraction of sp³-hybridized carbons (Fsp3) is 0.455. The summed E-state index contributed by atoms with van der Waals surface area (Å²) < 4.78 is 1.23. The van der Waals surface area contributed by atoms with Gasteiger partial charge in [0.2, 0.25) is 0 Å². The lowest BCUT2D eigenvalue weighted by Gasteiger charge is -2.26. The molecule has 0 saturated heterocycles. The average molecular weight is 225 g/mol. The predicted octanol–water partition coefficient (Wildman–Crippen LogP) is 4.03. The molecule has 0 nitrogen and oxygen atoms in total. The summed E-state index contributed by atoms with van der Waals surface area (Å²) in [6.45, 7) is 2.16. The number of aryl methyl sites for hydroxylation is 1. The Hall–Kier alpha value is -0.300. The second-order valence-corrected chi connectivity index (χ2v) is 4.61. The van der Waals surface area contributed by atoms with Gasteiger partial charge < -0.3 is 0 Å². The monoisotopic (exact) mass is 224 g/mol. The Morgan fingerprint density at radius 3 is 2.50 bits per heavy atom. The van der Waals surface area contributed by atoms with Crippen molar-refractivity contribution in [2.24, 2.45) is 0 Å². The molecule has 0 unspecified atom stereocenters. The molecule has 0 atom stereocenters. The quantitative estimate of drug-likeness (QED) is 0.676. The van der Waals surface area contributed by atoms with E-state index >= 15 is 0 Å². The van der Waals surface area contributed by atoms with Gasteiger partial charge in [-0.1, -0.05) is 28.4 Å². The van der Waals surface area contributed by atoms with Crippen molar-refractivity contribution in [3.63, 3.8) is 0 Å². The van der Waals surface area contributed by atoms with Crippen LogP contribution in [0.25, 0.3) is 0 Å². The van der Waals surface area contributed by atoms with Gasteiger partial charge in [0.1, 0.15) is 0 Å². The summed E-state index contributed by atoms with van der Waals surface area (Å²) in [4.78, 5) is 0. The number of benzene rings is 1. The molecule has 1 fully saturated rings. The largest absolute Gasteiger partial charge is 0.0557 e. The van der Waals surface area contributed by atoms with Crippen LogP contribution in [0.5, 0.6) is 0 Å². The van der Waals surface area contributed by atoms with Gasteiger partial charge >= 0.3 is 0 Å². The van der Waals surface area contributed by atoms with Gasteiger partial charge in [-0.05, 0) is 48.9 Å². The lowest BCUT2D eigenvalue weighted by Crippen LogP contribution is -2.08. The fourth-order valence-electron chi connectivity index (χ4n) is 1.74. The molecule has 1 aliphatic carbocycles. The van der Waals surface area contributed by atoms with Gasteiger partial charge in [-0.15, -0.1) is 0 Å². The van der Waals surface area contributed by atoms with Crippen molar-refractivity contribution < 1.29 is 0 Å². The minimum Gasteiger partial charge on any atom is -0.0557 e. The molecule has 0 radical (unpaired) electrons. The Morgan fingerprint density at radius 1 is 1.25 bits per heavy atom. The highest BCUT2D eigenvalue weighted by molar-refractivity contribution is 9.10. The first-order valence-electron chi connectivity index (χ1n) is 4.53. The van der Waals surface area contributed by atoms with Gasteiger partial charge in [0.05, 0.1) is 0 Å². The van der Waals surface area contributed by atoms with Crippen molar-refractivity contribution in [3.05, 3.63) is 33.8 Å². The molecular weight excluding hydrogens is 212 g/mol. The maximum atomic E-state index is 3.53. The molecule has 0 spiro atoms. The van der Waals surface area contributed by atoms with E-state index in [2.05, 4.69) is 41.1 Å². The van der Waals surface area contributed by atoms with Crippen LogP contribution in [0.4, 0.5) is 0 Å². The van der Waals surface area contributed by atoms with E-state index in [1.54, 1.807) is 0 Å². The first-order valence-corrected chi connectivity index (χ1v) is 5.32. The Bertz CT molecular complexity index is 267. The number of hydrogen-bond acceptors (Lipinski definition) is 0. The van der Waals surface area contributed by atoms with E-state index < -0.39 is 0 Å². The van der Waals surface area contributed by atoms with Crippen LogP contribution in [0.1, 0.15) is 36.3 Å². The molecular formula is C11H13Br. The maximum Gasteiger partial charge on any atom is 0.0180 e. The van der Waals surface area contributed by atoms with E-state index in [-0.39, 0.29) is 0 Å². The second-order valence-electron chi connectivity index (χ2n) is 3.69. The summed E-state index contributed by atoms with van der Waals surface area (Å²) in [7, 11) is 0. The summed E-state index contributed by atoms with van der Waals surface area (Å²) in [5.74, 6) is 0.848. The lowest BCUT2D eigenvalue weighted by atomic mass is 9.80. The highest BCUT2D eigenvalue weighted by Gasteiger charge is 2.19. The number of rotatable bonds is 1. The van der Waals surface area contributed by atoms with E-state index in [4.69, 9.17) is 0 Å². The maximum absolute atomic E-state index is 3.53. The molecule has 64 valence electrons. The molecule has 1 aliphatic rings. The highest BCUT2D eigenvalue weighted by atomic mass is 79.9. The third-order valence-corrected chi connectivity index (χ3v) is 3.10. The van der Waals surface area contributed by atoms with Gasteiger partial charge in [0.25, 0.3) is 0 Å². The van der Waals surface area contributed by atoms with Gasteiger partial charge in [0, 0.05) is 4.47 Å². The van der Waals surface area contributed by atoms with Crippen molar-refractivity contribution in [1.82, 2.24) is 0 Å². The standard InChI is InChI=1S/C11H13Br/c1-8-5-10(7-11(12)6-8)9-3-2-4-9/h5-7,9H,2-4H2,1H3. The van der Waals surface area contributed by atoms with Crippen LogP contribution in [0, 0.1) is 6.92 Å². The summed E-state index contributed by atoms with van der Waals surface area (Å²) in [6, 6.07) is 6.74. The predicted molar refractivity (Wildman–Crippen MR) is 55.5 cm³/mol. The molecule has 0 bridgehead atoms. The van der Waals surface area contributed by atoms with E-state index in [9.17, 15) is 0 Å². The molecule has 0 amide bonds. The normalized spacial score (nSPS) is 17.5. The van der Waals surface area contributed by atoms with E-state index in [0.717, 1.165) is 5.92 Å². The zero-order valence-electron chi connectivity index (χ0n) is 7.31. The van der Waals surface area contributed by atoms with Crippen molar-refractivity contribution in [2.75, 3.05) is 0 Å². The highest BCUT2D eigenvalue weighted by Crippen LogP contribution is 2.37. The third-order valence-electron chi connectivity index (χ3n) is 2.64. The van der Waals surface area contributed by atoms with Crippen molar-refractivity contribution in [3.8, 4) is 0 Å². The van der Waals surface area contributed by atoms with Crippen molar-refractivity contribution >= 4 is 15.9 Å². The molecule has 0 N–H and O–H groups in total. The minimum absolute atomic E-state index is 0.848. The molecule has 0 heterocycles. The number of halogens is 1. The Morgan fingerprint density at radius 2 is 2.00 bits per heavy atom. The van der Waals surface area contributed by atoms with Crippen LogP contribution in [0.3, 0.4) is 0 Å². The van der Waals surface area contributed by atoms with Crippen LogP contribution in [-0.2, 0) is 0 Å².